The Hall–Kier alpha value is -0.970. The van der Waals surface area contributed by atoms with Gasteiger partial charge in [-0.25, -0.2) is 4.39 Å². The van der Waals surface area contributed by atoms with Crippen molar-refractivity contribution in [2.24, 2.45) is 0 Å². The van der Waals surface area contributed by atoms with E-state index in [9.17, 15) is 9.50 Å². The third-order valence-electron chi connectivity index (χ3n) is 2.28. The second-order valence-corrected chi connectivity index (χ2v) is 5.25. The summed E-state index contributed by atoms with van der Waals surface area (Å²) in [5.74, 6) is -0.427. The molecule has 0 bridgehead atoms. The van der Waals surface area contributed by atoms with Crippen molar-refractivity contribution in [2.45, 2.75) is 12.5 Å². The summed E-state index contributed by atoms with van der Waals surface area (Å²) in [6.45, 7) is 1.61. The van der Waals surface area contributed by atoms with E-state index in [2.05, 4.69) is 4.98 Å². The maximum absolute atomic E-state index is 12.7. The molecule has 2 rings (SSSR count). The van der Waals surface area contributed by atoms with E-state index in [-0.39, 0.29) is 0 Å². The Morgan fingerprint density at radius 2 is 2.12 bits per heavy atom. The monoisotopic (exact) mass is 257 g/mol. The minimum absolute atomic E-state index is 0.396. The molecule has 0 fully saturated rings. The van der Waals surface area contributed by atoms with Crippen LogP contribution in [0.1, 0.15) is 17.5 Å². The number of aliphatic hydroxyl groups is 1. The topological polar surface area (TPSA) is 33.1 Å². The fourth-order valence-corrected chi connectivity index (χ4v) is 2.46. The van der Waals surface area contributed by atoms with Gasteiger partial charge < -0.3 is 5.11 Å². The summed E-state index contributed by atoms with van der Waals surface area (Å²) < 4.78 is 13.3. The Morgan fingerprint density at radius 3 is 2.62 bits per heavy atom. The largest absolute Gasteiger partial charge is 0.378 e. The Morgan fingerprint density at radius 1 is 1.38 bits per heavy atom. The van der Waals surface area contributed by atoms with E-state index in [1.54, 1.807) is 19.1 Å². The van der Waals surface area contributed by atoms with E-state index in [0.29, 0.717) is 14.9 Å². The highest BCUT2D eigenvalue weighted by Gasteiger charge is 2.28. The molecule has 2 nitrogen and oxygen atoms in total. The SMILES string of the molecule is CC(O)(c1ccc(F)cn1)c1ccc(Cl)s1. The first-order valence-corrected chi connectivity index (χ1v) is 5.80. The molecule has 2 heterocycles. The number of hydrogen-bond acceptors (Lipinski definition) is 3. The molecule has 1 unspecified atom stereocenters. The van der Waals surface area contributed by atoms with Gasteiger partial charge in [0.25, 0.3) is 0 Å². The van der Waals surface area contributed by atoms with Gasteiger partial charge in [0.2, 0.25) is 0 Å². The first-order valence-electron chi connectivity index (χ1n) is 4.60. The van der Waals surface area contributed by atoms with Crippen LogP contribution in [0.25, 0.3) is 0 Å². The van der Waals surface area contributed by atoms with Gasteiger partial charge in [0.05, 0.1) is 16.2 Å². The molecule has 0 saturated carbocycles. The summed E-state index contributed by atoms with van der Waals surface area (Å²) in [6.07, 6.45) is 1.08. The summed E-state index contributed by atoms with van der Waals surface area (Å²) in [4.78, 5) is 4.55. The predicted octanol–water partition coefficient (Wildman–Crippen LogP) is 3.19. The lowest BCUT2D eigenvalue weighted by molar-refractivity contribution is 0.101. The number of aromatic nitrogens is 1. The van der Waals surface area contributed by atoms with Crippen molar-refractivity contribution in [2.75, 3.05) is 0 Å². The zero-order valence-electron chi connectivity index (χ0n) is 8.45. The average molecular weight is 258 g/mol. The Balaban J connectivity index is 2.42. The Bertz CT molecular complexity index is 495. The quantitative estimate of drug-likeness (QED) is 0.896. The smallest absolute Gasteiger partial charge is 0.141 e. The molecule has 2 aromatic rings. The highest BCUT2D eigenvalue weighted by molar-refractivity contribution is 7.16. The fraction of sp³-hybridized carbons (Fsp3) is 0.182. The molecular formula is C11H9ClFNOS. The number of thiophene rings is 1. The van der Waals surface area contributed by atoms with Gasteiger partial charge in [-0.15, -0.1) is 11.3 Å². The van der Waals surface area contributed by atoms with Crippen LogP contribution in [0.3, 0.4) is 0 Å². The van der Waals surface area contributed by atoms with Crippen LogP contribution in [-0.4, -0.2) is 10.1 Å². The minimum Gasteiger partial charge on any atom is -0.378 e. The zero-order valence-corrected chi connectivity index (χ0v) is 10.0. The maximum atomic E-state index is 12.7. The van der Waals surface area contributed by atoms with Gasteiger partial charge >= 0.3 is 0 Å². The first kappa shape index (κ1) is 11.5. The molecule has 0 aliphatic carbocycles. The highest BCUT2D eigenvalue weighted by atomic mass is 35.5. The van der Waals surface area contributed by atoms with E-state index in [1.807, 2.05) is 0 Å². The van der Waals surface area contributed by atoms with Crippen molar-refractivity contribution >= 4 is 22.9 Å². The molecular weight excluding hydrogens is 249 g/mol. The van der Waals surface area contributed by atoms with Gasteiger partial charge in [0, 0.05) is 4.88 Å². The Kier molecular flexibility index (Phi) is 2.97. The van der Waals surface area contributed by atoms with Crippen molar-refractivity contribution < 1.29 is 9.50 Å². The summed E-state index contributed by atoms with van der Waals surface area (Å²) in [5.41, 5.74) is -0.849. The van der Waals surface area contributed by atoms with Gasteiger partial charge in [-0.3, -0.25) is 4.98 Å². The van der Waals surface area contributed by atoms with Gasteiger partial charge in [0.1, 0.15) is 11.4 Å². The molecule has 0 radical (unpaired) electrons. The molecule has 0 aliphatic heterocycles. The molecule has 5 heteroatoms. The van der Waals surface area contributed by atoms with Crippen molar-refractivity contribution in [3.63, 3.8) is 0 Å². The lowest BCUT2D eigenvalue weighted by Gasteiger charge is -2.20. The molecule has 84 valence electrons. The summed E-state index contributed by atoms with van der Waals surface area (Å²) in [7, 11) is 0. The van der Waals surface area contributed by atoms with Gasteiger partial charge in [0.15, 0.2) is 0 Å². The van der Waals surface area contributed by atoms with Crippen LogP contribution >= 0.6 is 22.9 Å². The van der Waals surface area contributed by atoms with E-state index >= 15 is 0 Å². The normalized spacial score (nSPS) is 14.8. The molecule has 0 aromatic carbocycles. The molecule has 0 amide bonds. The first-order chi connectivity index (χ1) is 7.50. The van der Waals surface area contributed by atoms with E-state index < -0.39 is 11.4 Å². The highest BCUT2D eigenvalue weighted by Crippen LogP contribution is 2.34. The summed E-state index contributed by atoms with van der Waals surface area (Å²) >= 11 is 7.08. The van der Waals surface area contributed by atoms with Crippen LogP contribution in [-0.2, 0) is 5.60 Å². The lowest BCUT2D eigenvalue weighted by Crippen LogP contribution is -2.22. The zero-order chi connectivity index (χ0) is 11.8. The number of rotatable bonds is 2. The minimum atomic E-state index is -1.24. The Labute approximate surface area is 101 Å². The standard InChI is InChI=1S/C11H9ClFNOS/c1-11(15,9-4-5-10(12)16-9)8-3-2-7(13)6-14-8/h2-6,15H,1H3. The average Bonchev–Trinajstić information content (AvgIpc) is 2.66. The van der Waals surface area contributed by atoms with Crippen molar-refractivity contribution in [1.29, 1.82) is 0 Å². The summed E-state index contributed by atoms with van der Waals surface area (Å²) in [6, 6.07) is 6.17. The molecule has 16 heavy (non-hydrogen) atoms. The van der Waals surface area contributed by atoms with Crippen molar-refractivity contribution in [3.05, 3.63) is 51.2 Å². The second kappa shape index (κ2) is 4.13. The van der Waals surface area contributed by atoms with Crippen LogP contribution in [0.2, 0.25) is 4.34 Å². The third kappa shape index (κ3) is 2.09. The van der Waals surface area contributed by atoms with Crippen LogP contribution < -0.4 is 0 Å². The molecule has 0 aliphatic rings. The molecule has 1 atom stereocenters. The molecule has 0 spiro atoms. The number of halogens is 2. The molecule has 1 N–H and O–H groups in total. The fourth-order valence-electron chi connectivity index (χ4n) is 1.37. The van der Waals surface area contributed by atoms with Gasteiger partial charge in [-0.1, -0.05) is 11.6 Å². The van der Waals surface area contributed by atoms with Gasteiger partial charge in [-0.05, 0) is 31.2 Å². The van der Waals surface area contributed by atoms with Crippen LogP contribution in [0.4, 0.5) is 4.39 Å². The molecule has 0 saturated heterocycles. The molecule has 2 aromatic heterocycles. The van der Waals surface area contributed by atoms with Gasteiger partial charge in [-0.2, -0.15) is 0 Å². The maximum Gasteiger partial charge on any atom is 0.141 e. The van der Waals surface area contributed by atoms with Crippen LogP contribution in [0.15, 0.2) is 30.5 Å². The van der Waals surface area contributed by atoms with Crippen LogP contribution in [0.5, 0.6) is 0 Å². The lowest BCUT2D eigenvalue weighted by atomic mass is 10.00. The number of nitrogens with zero attached hydrogens (tertiary/aromatic N) is 1. The number of hydrogen-bond donors (Lipinski definition) is 1. The van der Waals surface area contributed by atoms with Crippen molar-refractivity contribution in [3.8, 4) is 0 Å². The van der Waals surface area contributed by atoms with E-state index in [4.69, 9.17) is 11.6 Å². The number of pyridine rings is 1. The second-order valence-electron chi connectivity index (χ2n) is 3.54. The predicted molar refractivity (Wildman–Crippen MR) is 62.2 cm³/mol. The third-order valence-corrected chi connectivity index (χ3v) is 3.72. The van der Waals surface area contributed by atoms with Crippen molar-refractivity contribution in [1.82, 2.24) is 4.98 Å². The van der Waals surface area contributed by atoms with E-state index in [1.165, 1.54) is 23.5 Å². The van der Waals surface area contributed by atoms with E-state index in [0.717, 1.165) is 6.20 Å². The van der Waals surface area contributed by atoms with Crippen LogP contribution in [0, 0.1) is 5.82 Å². The summed E-state index contributed by atoms with van der Waals surface area (Å²) in [5, 5.41) is 10.3.